The van der Waals surface area contributed by atoms with Gasteiger partial charge in [0.2, 0.25) is 0 Å². The summed E-state index contributed by atoms with van der Waals surface area (Å²) in [5.74, 6) is -1.21. The molecule has 1 heterocycles. The van der Waals surface area contributed by atoms with Crippen LogP contribution in [0.1, 0.15) is 39.5 Å². The molecule has 1 fully saturated rings. The molecule has 0 spiro atoms. The molecule has 0 bridgehead atoms. The highest BCUT2D eigenvalue weighted by molar-refractivity contribution is 5.76. The molecule has 1 aliphatic rings. The fourth-order valence-electron chi connectivity index (χ4n) is 2.12. The lowest BCUT2D eigenvalue weighted by Gasteiger charge is -2.32. The van der Waals surface area contributed by atoms with Gasteiger partial charge < -0.3 is 15.3 Å². The molecule has 0 aromatic carbocycles. The maximum absolute atomic E-state index is 11.9. The summed E-state index contributed by atoms with van der Waals surface area (Å²) < 4.78 is 0. The molecule has 0 aromatic rings. The molecule has 17 heavy (non-hydrogen) atoms. The molecular formula is C12H22N2O3. The number of urea groups is 1. The first-order valence-corrected chi connectivity index (χ1v) is 6.36. The summed E-state index contributed by atoms with van der Waals surface area (Å²) >= 11 is 0. The van der Waals surface area contributed by atoms with E-state index in [1.165, 1.54) is 0 Å². The van der Waals surface area contributed by atoms with E-state index < -0.39 is 11.9 Å². The van der Waals surface area contributed by atoms with E-state index in [1.54, 1.807) is 4.90 Å². The van der Waals surface area contributed by atoms with Crippen molar-refractivity contribution in [2.24, 2.45) is 5.92 Å². The van der Waals surface area contributed by atoms with Crippen LogP contribution in [0.5, 0.6) is 0 Å². The largest absolute Gasteiger partial charge is 0.481 e. The van der Waals surface area contributed by atoms with E-state index in [0.717, 1.165) is 19.3 Å². The molecule has 2 N–H and O–H groups in total. The van der Waals surface area contributed by atoms with Crippen LogP contribution < -0.4 is 5.32 Å². The quantitative estimate of drug-likeness (QED) is 0.788. The zero-order valence-corrected chi connectivity index (χ0v) is 10.6. The fraction of sp³-hybridized carbons (Fsp3) is 0.833. The van der Waals surface area contributed by atoms with Gasteiger partial charge in [0, 0.05) is 19.1 Å². The molecule has 0 aliphatic carbocycles. The fourth-order valence-corrected chi connectivity index (χ4v) is 2.12. The monoisotopic (exact) mass is 242 g/mol. The summed E-state index contributed by atoms with van der Waals surface area (Å²) in [6.45, 7) is 5.06. The predicted octanol–water partition coefficient (Wildman–Crippen LogP) is 1.68. The number of carboxylic acid groups (broad SMARTS) is 1. The minimum atomic E-state index is -0.801. The number of piperidine rings is 1. The summed E-state index contributed by atoms with van der Waals surface area (Å²) in [4.78, 5) is 24.4. The number of carbonyl (C=O) groups is 2. The van der Waals surface area contributed by atoms with Crippen LogP contribution in [0.4, 0.5) is 4.79 Å². The number of aliphatic carboxylic acids is 1. The number of carboxylic acids is 1. The van der Waals surface area contributed by atoms with Crippen LogP contribution in [0, 0.1) is 5.92 Å². The first kappa shape index (κ1) is 13.8. The van der Waals surface area contributed by atoms with Gasteiger partial charge in [-0.2, -0.15) is 0 Å². The van der Waals surface area contributed by atoms with E-state index in [0.29, 0.717) is 19.5 Å². The van der Waals surface area contributed by atoms with Crippen LogP contribution in [0.15, 0.2) is 0 Å². The molecule has 0 unspecified atom stereocenters. The van der Waals surface area contributed by atoms with E-state index >= 15 is 0 Å². The molecule has 1 atom stereocenters. The first-order chi connectivity index (χ1) is 8.08. The van der Waals surface area contributed by atoms with Crippen LogP contribution >= 0.6 is 0 Å². The van der Waals surface area contributed by atoms with Crippen LogP contribution in [-0.4, -0.2) is 41.1 Å². The van der Waals surface area contributed by atoms with Gasteiger partial charge >= 0.3 is 12.0 Å². The summed E-state index contributed by atoms with van der Waals surface area (Å²) in [5, 5.41) is 11.9. The van der Waals surface area contributed by atoms with Gasteiger partial charge in [-0.3, -0.25) is 4.79 Å². The maximum Gasteiger partial charge on any atom is 0.317 e. The van der Waals surface area contributed by atoms with Gasteiger partial charge in [0.05, 0.1) is 5.92 Å². The standard InChI is InChI=1S/C12H22N2O3/c1-3-10(4-2)13-12(17)14-7-5-6-9(8-14)11(15)16/h9-10H,3-8H2,1-2H3,(H,13,17)(H,15,16)/t9-/m1/s1. The van der Waals surface area contributed by atoms with Gasteiger partial charge in [0.1, 0.15) is 0 Å². The van der Waals surface area contributed by atoms with Crippen LogP contribution in [0.25, 0.3) is 0 Å². The number of likely N-dealkylation sites (tertiary alicyclic amines) is 1. The highest BCUT2D eigenvalue weighted by Gasteiger charge is 2.28. The Morgan fingerprint density at radius 3 is 2.59 bits per heavy atom. The van der Waals surface area contributed by atoms with E-state index in [4.69, 9.17) is 5.11 Å². The second kappa shape index (κ2) is 6.47. The highest BCUT2D eigenvalue weighted by Crippen LogP contribution is 2.16. The van der Waals surface area contributed by atoms with Crippen molar-refractivity contribution >= 4 is 12.0 Å². The molecule has 2 amide bonds. The van der Waals surface area contributed by atoms with Gasteiger partial charge in [-0.05, 0) is 25.7 Å². The van der Waals surface area contributed by atoms with Crippen molar-refractivity contribution in [3.05, 3.63) is 0 Å². The SMILES string of the molecule is CCC(CC)NC(=O)N1CCC[C@@H](C(=O)O)C1. The Hall–Kier alpha value is -1.26. The van der Waals surface area contributed by atoms with Gasteiger partial charge in [0.15, 0.2) is 0 Å². The Kier molecular flexibility index (Phi) is 5.25. The molecule has 0 aromatic heterocycles. The molecule has 5 nitrogen and oxygen atoms in total. The van der Waals surface area contributed by atoms with Crippen molar-refractivity contribution < 1.29 is 14.7 Å². The third-order valence-electron chi connectivity index (χ3n) is 3.37. The van der Waals surface area contributed by atoms with Crippen molar-refractivity contribution in [2.45, 2.75) is 45.6 Å². The highest BCUT2D eigenvalue weighted by atomic mass is 16.4. The minimum Gasteiger partial charge on any atom is -0.481 e. The molecule has 1 saturated heterocycles. The minimum absolute atomic E-state index is 0.121. The van der Waals surface area contributed by atoms with E-state index in [-0.39, 0.29) is 12.1 Å². The predicted molar refractivity (Wildman–Crippen MR) is 64.8 cm³/mol. The third kappa shape index (κ3) is 3.91. The Morgan fingerprint density at radius 2 is 2.06 bits per heavy atom. The van der Waals surface area contributed by atoms with Gasteiger partial charge in [-0.1, -0.05) is 13.8 Å². The lowest BCUT2D eigenvalue weighted by molar-refractivity contribution is -0.143. The second-order valence-corrected chi connectivity index (χ2v) is 4.59. The molecule has 5 heteroatoms. The van der Waals surface area contributed by atoms with Gasteiger partial charge in [0.25, 0.3) is 0 Å². The number of hydrogen-bond donors (Lipinski definition) is 2. The Morgan fingerprint density at radius 1 is 1.41 bits per heavy atom. The van der Waals surface area contributed by atoms with Crippen molar-refractivity contribution in [3.8, 4) is 0 Å². The normalized spacial score (nSPS) is 20.4. The lowest BCUT2D eigenvalue weighted by atomic mass is 9.98. The van der Waals surface area contributed by atoms with Crippen molar-refractivity contribution in [2.75, 3.05) is 13.1 Å². The van der Waals surface area contributed by atoms with Crippen molar-refractivity contribution in [3.63, 3.8) is 0 Å². The number of rotatable bonds is 4. The van der Waals surface area contributed by atoms with Crippen LogP contribution in [0.3, 0.4) is 0 Å². The Labute approximate surface area is 102 Å². The summed E-state index contributed by atoms with van der Waals surface area (Å²) in [6.07, 6.45) is 3.24. The van der Waals surface area contributed by atoms with E-state index in [9.17, 15) is 9.59 Å². The van der Waals surface area contributed by atoms with E-state index in [2.05, 4.69) is 5.32 Å². The van der Waals surface area contributed by atoms with Gasteiger partial charge in [-0.15, -0.1) is 0 Å². The lowest BCUT2D eigenvalue weighted by Crippen LogP contribution is -2.49. The first-order valence-electron chi connectivity index (χ1n) is 6.36. The smallest absolute Gasteiger partial charge is 0.317 e. The van der Waals surface area contributed by atoms with E-state index in [1.807, 2.05) is 13.8 Å². The summed E-state index contributed by atoms with van der Waals surface area (Å²) in [7, 11) is 0. The second-order valence-electron chi connectivity index (χ2n) is 4.59. The molecule has 0 saturated carbocycles. The molecule has 0 radical (unpaired) electrons. The topological polar surface area (TPSA) is 69.6 Å². The molecule has 1 aliphatic heterocycles. The van der Waals surface area contributed by atoms with Crippen LogP contribution in [-0.2, 0) is 4.79 Å². The Balaban J connectivity index is 2.48. The van der Waals surface area contributed by atoms with Gasteiger partial charge in [-0.25, -0.2) is 4.79 Å². The number of amides is 2. The average Bonchev–Trinajstić information content (AvgIpc) is 2.35. The molecular weight excluding hydrogens is 220 g/mol. The zero-order chi connectivity index (χ0) is 12.8. The number of hydrogen-bond acceptors (Lipinski definition) is 2. The Bertz CT molecular complexity index is 277. The number of carbonyl (C=O) groups excluding carboxylic acids is 1. The van der Waals surface area contributed by atoms with Crippen molar-refractivity contribution in [1.82, 2.24) is 10.2 Å². The summed E-state index contributed by atoms with van der Waals surface area (Å²) in [6, 6.07) is 0.0670. The zero-order valence-electron chi connectivity index (χ0n) is 10.6. The van der Waals surface area contributed by atoms with Crippen LogP contribution in [0.2, 0.25) is 0 Å². The molecule has 1 rings (SSSR count). The molecule has 98 valence electrons. The maximum atomic E-state index is 11.9. The average molecular weight is 242 g/mol. The number of nitrogens with zero attached hydrogens (tertiary/aromatic N) is 1. The summed E-state index contributed by atoms with van der Waals surface area (Å²) in [5.41, 5.74) is 0. The number of nitrogens with one attached hydrogen (secondary N) is 1. The van der Waals surface area contributed by atoms with Crippen molar-refractivity contribution in [1.29, 1.82) is 0 Å². The third-order valence-corrected chi connectivity index (χ3v) is 3.37.